The Morgan fingerprint density at radius 2 is 1.71 bits per heavy atom. The van der Waals surface area contributed by atoms with E-state index in [1.54, 1.807) is 11.8 Å². The van der Waals surface area contributed by atoms with E-state index in [0.717, 1.165) is 0 Å². The van der Waals surface area contributed by atoms with Gasteiger partial charge in [-0.1, -0.05) is 6.92 Å². The fourth-order valence-corrected chi connectivity index (χ4v) is 1.02. The molecule has 0 aromatic heterocycles. The highest BCUT2D eigenvalue weighted by molar-refractivity contribution is 5.81. The lowest BCUT2D eigenvalue weighted by Crippen LogP contribution is -2.46. The molecule has 0 heterocycles. The normalized spacial score (nSPS) is 11.8. The second-order valence-electron chi connectivity index (χ2n) is 4.31. The number of hydrogen-bond acceptors (Lipinski definition) is 3. The van der Waals surface area contributed by atoms with Gasteiger partial charge < -0.3 is 5.11 Å². The Kier molecular flexibility index (Phi) is 4.77. The van der Waals surface area contributed by atoms with E-state index in [2.05, 4.69) is 0 Å². The van der Waals surface area contributed by atoms with Crippen molar-refractivity contribution >= 4 is 11.8 Å². The van der Waals surface area contributed by atoms with Crippen LogP contribution in [0.4, 0.5) is 0 Å². The van der Waals surface area contributed by atoms with Crippen molar-refractivity contribution in [3.8, 4) is 0 Å². The van der Waals surface area contributed by atoms with Gasteiger partial charge in [0.05, 0.1) is 13.1 Å². The predicted molar refractivity (Wildman–Crippen MR) is 54.3 cm³/mol. The molecule has 0 aliphatic carbocycles. The standard InChI is InChI=1S/C10H19NO3/c1-5-8(12)6-11(7-9(13)14)10(2,3)4/h5-7H2,1-4H3,(H,13,14). The molecule has 0 rings (SSSR count). The third-order valence-electron chi connectivity index (χ3n) is 2.04. The lowest BCUT2D eigenvalue weighted by atomic mass is 10.1. The van der Waals surface area contributed by atoms with Gasteiger partial charge in [0.1, 0.15) is 5.78 Å². The molecular weight excluding hydrogens is 182 g/mol. The van der Waals surface area contributed by atoms with Crippen LogP contribution < -0.4 is 0 Å². The van der Waals surface area contributed by atoms with Gasteiger partial charge in [0.2, 0.25) is 0 Å². The Morgan fingerprint density at radius 1 is 1.21 bits per heavy atom. The zero-order valence-corrected chi connectivity index (χ0v) is 9.33. The third kappa shape index (κ3) is 4.97. The van der Waals surface area contributed by atoms with Crippen molar-refractivity contribution in [1.82, 2.24) is 4.90 Å². The molecular formula is C10H19NO3. The molecule has 0 saturated heterocycles. The van der Waals surface area contributed by atoms with E-state index in [1.165, 1.54) is 0 Å². The van der Waals surface area contributed by atoms with Crippen LogP contribution in [0.25, 0.3) is 0 Å². The third-order valence-corrected chi connectivity index (χ3v) is 2.04. The SMILES string of the molecule is CCC(=O)CN(CC(=O)O)C(C)(C)C. The van der Waals surface area contributed by atoms with Crippen molar-refractivity contribution in [1.29, 1.82) is 0 Å². The zero-order chi connectivity index (χ0) is 11.4. The number of nitrogens with zero attached hydrogens (tertiary/aromatic N) is 1. The lowest BCUT2D eigenvalue weighted by molar-refractivity contribution is -0.140. The molecule has 4 heteroatoms. The van der Waals surface area contributed by atoms with Gasteiger partial charge in [-0.3, -0.25) is 14.5 Å². The molecule has 1 N–H and O–H groups in total. The maximum atomic E-state index is 11.2. The smallest absolute Gasteiger partial charge is 0.317 e. The van der Waals surface area contributed by atoms with Crippen LogP contribution in [0.3, 0.4) is 0 Å². The summed E-state index contributed by atoms with van der Waals surface area (Å²) in [6.07, 6.45) is 0.451. The molecule has 0 unspecified atom stereocenters. The molecule has 0 bridgehead atoms. The summed E-state index contributed by atoms with van der Waals surface area (Å²) in [5, 5.41) is 8.68. The van der Waals surface area contributed by atoms with Gasteiger partial charge in [-0.2, -0.15) is 0 Å². The fourth-order valence-electron chi connectivity index (χ4n) is 1.02. The molecule has 0 aliphatic rings. The van der Waals surface area contributed by atoms with E-state index in [-0.39, 0.29) is 24.4 Å². The highest BCUT2D eigenvalue weighted by atomic mass is 16.4. The predicted octanol–water partition coefficient (Wildman–Crippen LogP) is 1.15. The summed E-state index contributed by atoms with van der Waals surface area (Å²) >= 11 is 0. The van der Waals surface area contributed by atoms with E-state index in [1.807, 2.05) is 20.8 Å². The number of Topliss-reactive ketones (excluding diaryl/α,β-unsaturated/α-hetero) is 1. The van der Waals surface area contributed by atoms with E-state index in [0.29, 0.717) is 6.42 Å². The Bertz CT molecular complexity index is 218. The molecule has 0 amide bonds. The first-order chi connectivity index (χ1) is 6.27. The van der Waals surface area contributed by atoms with Gasteiger partial charge >= 0.3 is 5.97 Å². The van der Waals surface area contributed by atoms with Crippen molar-refractivity contribution in [3.05, 3.63) is 0 Å². The Balaban J connectivity index is 4.41. The number of ketones is 1. The van der Waals surface area contributed by atoms with E-state index >= 15 is 0 Å². The van der Waals surface area contributed by atoms with Crippen molar-refractivity contribution < 1.29 is 14.7 Å². The second-order valence-corrected chi connectivity index (χ2v) is 4.31. The lowest BCUT2D eigenvalue weighted by Gasteiger charge is -2.33. The minimum atomic E-state index is -0.899. The van der Waals surface area contributed by atoms with Crippen molar-refractivity contribution in [3.63, 3.8) is 0 Å². The molecule has 0 spiro atoms. The first kappa shape index (κ1) is 13.1. The topological polar surface area (TPSA) is 57.6 Å². The molecule has 14 heavy (non-hydrogen) atoms. The zero-order valence-electron chi connectivity index (χ0n) is 9.33. The number of carbonyl (C=O) groups is 2. The average Bonchev–Trinajstić information content (AvgIpc) is 2.00. The highest BCUT2D eigenvalue weighted by Crippen LogP contribution is 2.12. The summed E-state index contributed by atoms with van der Waals surface area (Å²) in [5.41, 5.74) is -0.288. The molecule has 0 radical (unpaired) electrons. The molecule has 82 valence electrons. The van der Waals surface area contributed by atoms with Crippen LogP contribution in [0.15, 0.2) is 0 Å². The Labute approximate surface area is 84.9 Å². The fraction of sp³-hybridized carbons (Fsp3) is 0.800. The summed E-state index contributed by atoms with van der Waals surface area (Å²) in [6, 6.07) is 0. The summed E-state index contributed by atoms with van der Waals surface area (Å²) in [7, 11) is 0. The number of carboxylic acid groups (broad SMARTS) is 1. The second kappa shape index (κ2) is 5.10. The number of rotatable bonds is 5. The van der Waals surface area contributed by atoms with E-state index < -0.39 is 5.97 Å². The van der Waals surface area contributed by atoms with Crippen LogP contribution in [0.1, 0.15) is 34.1 Å². The molecule has 4 nitrogen and oxygen atoms in total. The summed E-state index contributed by atoms with van der Waals surface area (Å²) in [4.78, 5) is 23.5. The maximum Gasteiger partial charge on any atom is 0.317 e. The van der Waals surface area contributed by atoms with Gasteiger partial charge in [0, 0.05) is 12.0 Å². The summed E-state index contributed by atoms with van der Waals surface area (Å²) in [5.74, 6) is -0.829. The summed E-state index contributed by atoms with van der Waals surface area (Å²) < 4.78 is 0. The van der Waals surface area contributed by atoms with Gasteiger partial charge in [0.15, 0.2) is 0 Å². The van der Waals surface area contributed by atoms with Crippen LogP contribution in [-0.2, 0) is 9.59 Å². The van der Waals surface area contributed by atoms with Crippen molar-refractivity contribution in [2.45, 2.75) is 39.7 Å². The molecule has 0 atom stereocenters. The number of carbonyl (C=O) groups excluding carboxylic acids is 1. The monoisotopic (exact) mass is 201 g/mol. The molecule has 0 aromatic rings. The quantitative estimate of drug-likeness (QED) is 0.725. The van der Waals surface area contributed by atoms with Crippen molar-refractivity contribution in [2.24, 2.45) is 0 Å². The van der Waals surface area contributed by atoms with E-state index in [4.69, 9.17) is 5.11 Å². The highest BCUT2D eigenvalue weighted by Gasteiger charge is 2.24. The van der Waals surface area contributed by atoms with E-state index in [9.17, 15) is 9.59 Å². The number of hydrogen-bond donors (Lipinski definition) is 1. The molecule has 0 aromatic carbocycles. The first-order valence-electron chi connectivity index (χ1n) is 4.76. The van der Waals surface area contributed by atoms with Crippen LogP contribution in [0.5, 0.6) is 0 Å². The Morgan fingerprint density at radius 3 is 2.00 bits per heavy atom. The van der Waals surface area contributed by atoms with Gasteiger partial charge in [-0.25, -0.2) is 0 Å². The van der Waals surface area contributed by atoms with Crippen LogP contribution in [0, 0.1) is 0 Å². The van der Waals surface area contributed by atoms with Crippen LogP contribution >= 0.6 is 0 Å². The number of carboxylic acids is 1. The van der Waals surface area contributed by atoms with Crippen LogP contribution in [-0.4, -0.2) is 40.4 Å². The van der Waals surface area contributed by atoms with Gasteiger partial charge in [-0.15, -0.1) is 0 Å². The minimum Gasteiger partial charge on any atom is -0.480 e. The van der Waals surface area contributed by atoms with Crippen LogP contribution in [0.2, 0.25) is 0 Å². The molecule has 0 saturated carbocycles. The largest absolute Gasteiger partial charge is 0.480 e. The maximum absolute atomic E-state index is 11.2. The summed E-state index contributed by atoms with van der Waals surface area (Å²) in [6.45, 7) is 7.61. The van der Waals surface area contributed by atoms with Crippen molar-refractivity contribution in [2.75, 3.05) is 13.1 Å². The first-order valence-corrected chi connectivity index (χ1v) is 4.76. The molecule has 0 aliphatic heterocycles. The molecule has 0 fully saturated rings. The minimum absolute atomic E-state index is 0.0705. The Hall–Kier alpha value is -0.900. The van der Waals surface area contributed by atoms with Gasteiger partial charge in [0.25, 0.3) is 0 Å². The van der Waals surface area contributed by atoms with Gasteiger partial charge in [-0.05, 0) is 20.8 Å². The average molecular weight is 201 g/mol. The number of aliphatic carboxylic acids is 1.